The number of hydrogen-bond acceptors (Lipinski definition) is 3. The third-order valence-electron chi connectivity index (χ3n) is 15.3. The molecule has 0 aliphatic heterocycles. The molecule has 1 aromatic carbocycles. The Bertz CT molecular complexity index is 1100. The highest BCUT2D eigenvalue weighted by Gasteiger charge is 2.60. The number of nitrogens with two attached hydrogens (primary N) is 1. The number of fused-ring (bicyclic) bond motifs is 5. The molecule has 0 bridgehead atoms. The number of anilines is 2. The second-order valence-electron chi connectivity index (χ2n) is 18.4. The summed E-state index contributed by atoms with van der Waals surface area (Å²) >= 11 is 0. The molecule has 2 unspecified atom stereocenters. The molecular weight excluding hydrogens is 597 g/mol. The highest BCUT2D eigenvalue weighted by Crippen LogP contribution is 2.68. The molecule has 9 atom stereocenters. The van der Waals surface area contributed by atoms with Crippen molar-refractivity contribution in [2.24, 2.45) is 46.3 Å². The SMILES string of the molecule is CCCCCCCCCCCCCCCCNc1cc(N)ccc1OC1CC[C@@]2(C)C(CC[C@H]3[C@@H]4CC[C@H]([C@H](C)CCC)[C@@]4(C)CC[C@@H]32)C1. The van der Waals surface area contributed by atoms with E-state index >= 15 is 0 Å². The zero-order valence-electron chi connectivity index (χ0n) is 33.1. The molecule has 4 fully saturated rings. The van der Waals surface area contributed by atoms with Crippen molar-refractivity contribution in [3.8, 4) is 5.75 Å². The second kappa shape index (κ2) is 18.9. The third-order valence-corrected chi connectivity index (χ3v) is 15.3. The van der Waals surface area contributed by atoms with Gasteiger partial charge in [-0.25, -0.2) is 0 Å². The van der Waals surface area contributed by atoms with Crippen molar-refractivity contribution in [3.63, 3.8) is 0 Å². The van der Waals surface area contributed by atoms with Gasteiger partial charge in [-0.1, -0.05) is 131 Å². The molecule has 4 aliphatic carbocycles. The molecule has 280 valence electrons. The standard InChI is InChI=1S/C46H80N2O/c1-6-8-9-10-11-12-13-14-15-16-17-18-19-20-32-48-43-34-37(47)23-27-44(43)49-38-28-30-45(4)36(33-38)22-24-39-41-26-25-40(35(3)21-7-2)46(41,5)31-29-42(39)45/h23,27,34-36,38-42,48H,6-22,24-26,28-33,47H2,1-5H3/t35-,36?,38?,39+,40-,41+,42+,45+,46-/m1/s1. The van der Waals surface area contributed by atoms with Crippen LogP contribution in [0.15, 0.2) is 18.2 Å². The van der Waals surface area contributed by atoms with Crippen molar-refractivity contribution < 1.29 is 4.74 Å². The highest BCUT2D eigenvalue weighted by atomic mass is 16.5. The minimum atomic E-state index is 0.333. The number of rotatable bonds is 21. The van der Waals surface area contributed by atoms with Crippen molar-refractivity contribution >= 4 is 11.4 Å². The minimum Gasteiger partial charge on any atom is -0.488 e. The largest absolute Gasteiger partial charge is 0.488 e. The average molecular weight is 677 g/mol. The van der Waals surface area contributed by atoms with Gasteiger partial charge in [-0.3, -0.25) is 0 Å². The van der Waals surface area contributed by atoms with Crippen molar-refractivity contribution in [2.75, 3.05) is 17.6 Å². The normalized spacial score (nSPS) is 33.0. The predicted octanol–water partition coefficient (Wildman–Crippen LogP) is 14.0. The van der Waals surface area contributed by atoms with Gasteiger partial charge in [-0.15, -0.1) is 0 Å². The van der Waals surface area contributed by atoms with Gasteiger partial charge in [0.1, 0.15) is 5.75 Å². The van der Waals surface area contributed by atoms with Crippen LogP contribution in [0.3, 0.4) is 0 Å². The summed E-state index contributed by atoms with van der Waals surface area (Å²) in [5.41, 5.74) is 9.31. The molecule has 0 amide bonds. The molecule has 3 nitrogen and oxygen atoms in total. The van der Waals surface area contributed by atoms with Gasteiger partial charge in [0, 0.05) is 12.2 Å². The third kappa shape index (κ3) is 9.74. The molecule has 3 heteroatoms. The summed E-state index contributed by atoms with van der Waals surface area (Å²) in [6, 6.07) is 6.26. The van der Waals surface area contributed by atoms with Crippen molar-refractivity contribution in [3.05, 3.63) is 18.2 Å². The van der Waals surface area contributed by atoms with Crippen LogP contribution in [0.4, 0.5) is 11.4 Å². The quantitative estimate of drug-likeness (QED) is 0.101. The van der Waals surface area contributed by atoms with E-state index < -0.39 is 0 Å². The summed E-state index contributed by atoms with van der Waals surface area (Å²) in [7, 11) is 0. The van der Waals surface area contributed by atoms with Gasteiger partial charge in [-0.05, 0) is 129 Å². The lowest BCUT2D eigenvalue weighted by Crippen LogP contribution is -2.54. The highest BCUT2D eigenvalue weighted by molar-refractivity contribution is 5.63. The summed E-state index contributed by atoms with van der Waals surface area (Å²) in [4.78, 5) is 0. The van der Waals surface area contributed by atoms with Gasteiger partial charge in [0.2, 0.25) is 0 Å². The van der Waals surface area contributed by atoms with E-state index in [1.807, 2.05) is 6.07 Å². The molecule has 0 aromatic heterocycles. The van der Waals surface area contributed by atoms with Crippen LogP contribution in [0.1, 0.15) is 195 Å². The predicted molar refractivity (Wildman–Crippen MR) is 213 cm³/mol. The van der Waals surface area contributed by atoms with Crippen LogP contribution in [0.5, 0.6) is 5.75 Å². The molecule has 4 aliphatic rings. The minimum absolute atomic E-state index is 0.333. The van der Waals surface area contributed by atoms with E-state index in [9.17, 15) is 0 Å². The monoisotopic (exact) mass is 677 g/mol. The Morgan fingerprint density at radius 2 is 1.37 bits per heavy atom. The summed E-state index contributed by atoms with van der Waals surface area (Å²) in [5.74, 6) is 6.59. The summed E-state index contributed by atoms with van der Waals surface area (Å²) < 4.78 is 6.88. The average Bonchev–Trinajstić information content (AvgIpc) is 3.45. The van der Waals surface area contributed by atoms with Gasteiger partial charge in [0.05, 0.1) is 11.8 Å². The first-order valence-corrected chi connectivity index (χ1v) is 22.1. The lowest BCUT2D eigenvalue weighted by molar-refractivity contribution is -0.126. The van der Waals surface area contributed by atoms with E-state index in [4.69, 9.17) is 10.5 Å². The first kappa shape index (κ1) is 38.8. The van der Waals surface area contributed by atoms with Gasteiger partial charge < -0.3 is 15.8 Å². The van der Waals surface area contributed by atoms with Gasteiger partial charge in [-0.2, -0.15) is 0 Å². The van der Waals surface area contributed by atoms with Crippen LogP contribution < -0.4 is 15.8 Å². The maximum atomic E-state index is 6.88. The number of benzene rings is 1. The van der Waals surface area contributed by atoms with E-state index in [0.717, 1.165) is 59.2 Å². The maximum Gasteiger partial charge on any atom is 0.142 e. The zero-order chi connectivity index (χ0) is 34.7. The molecule has 0 spiro atoms. The van der Waals surface area contributed by atoms with E-state index in [2.05, 4.69) is 52.1 Å². The Balaban J connectivity index is 1.03. The lowest BCUT2D eigenvalue weighted by atomic mass is 9.44. The fraction of sp³-hybridized carbons (Fsp3) is 0.870. The molecule has 3 N–H and O–H groups in total. The molecule has 0 heterocycles. The second-order valence-corrected chi connectivity index (χ2v) is 18.4. The van der Waals surface area contributed by atoms with Crippen molar-refractivity contribution in [1.29, 1.82) is 0 Å². The van der Waals surface area contributed by atoms with E-state index in [0.29, 0.717) is 16.9 Å². The first-order chi connectivity index (χ1) is 23.8. The Morgan fingerprint density at radius 1 is 0.735 bits per heavy atom. The van der Waals surface area contributed by atoms with Gasteiger partial charge in [0.25, 0.3) is 0 Å². The van der Waals surface area contributed by atoms with Crippen LogP contribution >= 0.6 is 0 Å². The zero-order valence-corrected chi connectivity index (χ0v) is 33.1. The summed E-state index contributed by atoms with van der Waals surface area (Å²) in [5, 5.41) is 3.73. The molecule has 1 aromatic rings. The smallest absolute Gasteiger partial charge is 0.142 e. The fourth-order valence-corrected chi connectivity index (χ4v) is 12.5. The van der Waals surface area contributed by atoms with Gasteiger partial charge >= 0.3 is 0 Å². The van der Waals surface area contributed by atoms with Crippen molar-refractivity contribution in [1.82, 2.24) is 0 Å². The Hall–Kier alpha value is -1.38. The van der Waals surface area contributed by atoms with Crippen LogP contribution in [0.2, 0.25) is 0 Å². The van der Waals surface area contributed by atoms with E-state index in [1.165, 1.54) is 161 Å². The molecular formula is C46H80N2O. The summed E-state index contributed by atoms with van der Waals surface area (Å²) in [6.07, 6.45) is 35.3. The van der Waals surface area contributed by atoms with Crippen LogP contribution in [-0.4, -0.2) is 12.6 Å². The van der Waals surface area contributed by atoms with Crippen LogP contribution in [0, 0.1) is 46.3 Å². The summed E-state index contributed by atoms with van der Waals surface area (Å²) in [6.45, 7) is 13.7. The molecule has 5 rings (SSSR count). The maximum absolute atomic E-state index is 6.88. The van der Waals surface area contributed by atoms with Gasteiger partial charge in [0.15, 0.2) is 0 Å². The van der Waals surface area contributed by atoms with E-state index in [-0.39, 0.29) is 0 Å². The lowest BCUT2D eigenvalue weighted by Gasteiger charge is -2.61. The van der Waals surface area contributed by atoms with E-state index in [1.54, 1.807) is 0 Å². The number of hydrogen-bond donors (Lipinski definition) is 2. The number of nitrogens with one attached hydrogen (secondary N) is 1. The number of unbranched alkanes of at least 4 members (excludes halogenated alkanes) is 13. The fourth-order valence-electron chi connectivity index (χ4n) is 12.5. The van der Waals surface area contributed by atoms with Crippen LogP contribution in [-0.2, 0) is 0 Å². The Morgan fingerprint density at radius 3 is 2.04 bits per heavy atom. The van der Waals surface area contributed by atoms with Crippen molar-refractivity contribution in [2.45, 2.75) is 201 Å². The molecule has 0 radical (unpaired) electrons. The topological polar surface area (TPSA) is 47.3 Å². The number of nitrogen functional groups attached to an aromatic ring is 1. The first-order valence-electron chi connectivity index (χ1n) is 22.1. The molecule has 49 heavy (non-hydrogen) atoms. The number of ether oxygens (including phenoxy) is 1. The molecule has 0 saturated heterocycles. The Kier molecular flexibility index (Phi) is 15.0. The Labute approximate surface area is 304 Å². The molecule has 4 saturated carbocycles. The van der Waals surface area contributed by atoms with Crippen LogP contribution in [0.25, 0.3) is 0 Å².